The lowest BCUT2D eigenvalue weighted by Gasteiger charge is -2.19. The summed E-state index contributed by atoms with van der Waals surface area (Å²) in [5, 5.41) is 9.21. The Hall–Kier alpha value is 0.830. The van der Waals surface area contributed by atoms with Crippen molar-refractivity contribution in [1.29, 1.82) is 0 Å². The van der Waals surface area contributed by atoms with Gasteiger partial charge in [0.25, 0.3) is 0 Å². The van der Waals surface area contributed by atoms with Crippen LogP contribution in [0.3, 0.4) is 0 Å². The predicted molar refractivity (Wildman–Crippen MR) is 45.8 cm³/mol. The number of hydrogen-bond acceptors (Lipinski definition) is 1. The second kappa shape index (κ2) is 3.48. The molecule has 0 spiro atoms. The Labute approximate surface area is 76.3 Å². The molecule has 0 amide bonds. The first-order valence-electron chi connectivity index (χ1n) is 3.00. The quantitative estimate of drug-likeness (QED) is 0.688. The molecule has 0 heterocycles. The first-order chi connectivity index (χ1) is 4.21. The number of rotatable bonds is 2. The molecule has 0 aromatic carbocycles. The number of alkyl halides is 3. The van der Waals surface area contributed by atoms with Crippen molar-refractivity contribution in [2.24, 2.45) is 0 Å². The van der Waals surface area contributed by atoms with E-state index in [0.717, 1.165) is 0 Å². The van der Waals surface area contributed by atoms with E-state index in [9.17, 15) is 5.11 Å². The molecule has 0 rings (SSSR count). The largest absolute Gasteiger partial charge is 0.390 e. The number of aliphatic hydroxyl groups is 1. The molecule has 1 N–H and O–H groups in total. The van der Waals surface area contributed by atoms with Crippen LogP contribution in [0.15, 0.2) is 0 Å². The van der Waals surface area contributed by atoms with E-state index in [0.29, 0.717) is 12.8 Å². The van der Waals surface area contributed by atoms with Crippen LogP contribution in [0.1, 0.15) is 26.7 Å². The molecule has 0 saturated heterocycles. The molecule has 1 nitrogen and oxygen atoms in total. The number of hydrogen-bond donors (Lipinski definition) is 1. The van der Waals surface area contributed by atoms with Gasteiger partial charge in [-0.05, 0) is 26.7 Å². The Morgan fingerprint density at radius 2 is 1.50 bits per heavy atom. The lowest BCUT2D eigenvalue weighted by Crippen LogP contribution is -2.21. The zero-order valence-electron chi connectivity index (χ0n) is 6.00. The van der Waals surface area contributed by atoms with E-state index in [4.69, 9.17) is 34.8 Å². The predicted octanol–water partition coefficient (Wildman–Crippen LogP) is 2.91. The first-order valence-corrected chi connectivity index (χ1v) is 4.13. The molecule has 0 aliphatic carbocycles. The monoisotopic (exact) mass is 204 g/mol. The fourth-order valence-corrected chi connectivity index (χ4v) is 0.731. The lowest BCUT2D eigenvalue weighted by atomic mass is 10.0. The maximum absolute atomic E-state index is 9.21. The average molecular weight is 206 g/mol. The SMILES string of the molecule is CC(C)(O)CCC(Cl)(Cl)Cl. The molecule has 0 unspecified atom stereocenters. The molecule has 0 aromatic heterocycles. The highest BCUT2D eigenvalue weighted by atomic mass is 35.6. The summed E-state index contributed by atoms with van der Waals surface area (Å²) in [5.74, 6) is 0. The maximum Gasteiger partial charge on any atom is 0.190 e. The highest BCUT2D eigenvalue weighted by Crippen LogP contribution is 2.33. The minimum atomic E-state index is -1.24. The van der Waals surface area contributed by atoms with Crippen molar-refractivity contribution in [1.82, 2.24) is 0 Å². The van der Waals surface area contributed by atoms with Gasteiger partial charge in [0.15, 0.2) is 3.79 Å². The van der Waals surface area contributed by atoms with Crippen molar-refractivity contribution in [3.05, 3.63) is 0 Å². The molecule has 0 aliphatic heterocycles. The smallest absolute Gasteiger partial charge is 0.190 e. The van der Waals surface area contributed by atoms with Gasteiger partial charge in [0.2, 0.25) is 0 Å². The zero-order chi connectivity index (χ0) is 8.41. The molecule has 62 valence electrons. The fourth-order valence-electron chi connectivity index (χ4n) is 0.448. The molecule has 0 saturated carbocycles. The van der Waals surface area contributed by atoms with Crippen LogP contribution in [0.2, 0.25) is 0 Å². The van der Waals surface area contributed by atoms with Gasteiger partial charge in [-0.25, -0.2) is 0 Å². The van der Waals surface area contributed by atoms with Crippen LogP contribution >= 0.6 is 34.8 Å². The van der Waals surface area contributed by atoms with Crippen LogP contribution < -0.4 is 0 Å². The molecule has 0 radical (unpaired) electrons. The third-order valence-electron chi connectivity index (χ3n) is 1.02. The van der Waals surface area contributed by atoms with Crippen molar-refractivity contribution in [3.8, 4) is 0 Å². The van der Waals surface area contributed by atoms with Crippen LogP contribution in [0.25, 0.3) is 0 Å². The molecule has 0 atom stereocenters. The standard InChI is InChI=1S/C6H11Cl3O/c1-5(2,10)3-4-6(7,8)9/h10H,3-4H2,1-2H3. The van der Waals surface area contributed by atoms with Gasteiger partial charge in [0, 0.05) is 0 Å². The van der Waals surface area contributed by atoms with E-state index in [1.807, 2.05) is 0 Å². The van der Waals surface area contributed by atoms with Gasteiger partial charge in [-0.1, -0.05) is 34.8 Å². The van der Waals surface area contributed by atoms with Crippen molar-refractivity contribution < 1.29 is 5.11 Å². The van der Waals surface area contributed by atoms with E-state index in [2.05, 4.69) is 0 Å². The van der Waals surface area contributed by atoms with Crippen molar-refractivity contribution >= 4 is 34.8 Å². The summed E-state index contributed by atoms with van der Waals surface area (Å²) in [6.07, 6.45) is 0.866. The van der Waals surface area contributed by atoms with Gasteiger partial charge in [0.1, 0.15) is 0 Å². The minimum Gasteiger partial charge on any atom is -0.390 e. The molecule has 0 bridgehead atoms. The van der Waals surface area contributed by atoms with E-state index >= 15 is 0 Å². The Bertz CT molecular complexity index is 86.5. The van der Waals surface area contributed by atoms with E-state index in [-0.39, 0.29) is 0 Å². The first kappa shape index (κ1) is 10.8. The molecule has 0 aromatic rings. The van der Waals surface area contributed by atoms with Gasteiger partial charge in [0.05, 0.1) is 5.60 Å². The summed E-state index contributed by atoms with van der Waals surface area (Å²) in [6, 6.07) is 0. The van der Waals surface area contributed by atoms with Crippen molar-refractivity contribution in [3.63, 3.8) is 0 Å². The molecular weight excluding hydrogens is 194 g/mol. The number of halogens is 3. The normalized spacial score (nSPS) is 13.8. The summed E-state index contributed by atoms with van der Waals surface area (Å²) in [5.41, 5.74) is -0.746. The average Bonchev–Trinajstić information content (AvgIpc) is 1.57. The third-order valence-corrected chi connectivity index (χ3v) is 1.59. The van der Waals surface area contributed by atoms with Gasteiger partial charge in [-0.2, -0.15) is 0 Å². The summed E-state index contributed by atoms with van der Waals surface area (Å²) >= 11 is 16.4. The lowest BCUT2D eigenvalue weighted by molar-refractivity contribution is 0.0692. The van der Waals surface area contributed by atoms with Crippen LogP contribution in [0.5, 0.6) is 0 Å². The second-order valence-electron chi connectivity index (χ2n) is 2.93. The van der Waals surface area contributed by atoms with Crippen LogP contribution in [-0.2, 0) is 0 Å². The summed E-state index contributed by atoms with van der Waals surface area (Å²) in [7, 11) is 0. The third kappa shape index (κ3) is 8.83. The highest BCUT2D eigenvalue weighted by molar-refractivity contribution is 6.67. The van der Waals surface area contributed by atoms with Gasteiger partial charge in [-0.3, -0.25) is 0 Å². The Morgan fingerprint density at radius 3 is 1.60 bits per heavy atom. The zero-order valence-corrected chi connectivity index (χ0v) is 8.26. The molecular formula is C6H11Cl3O. The van der Waals surface area contributed by atoms with Crippen molar-refractivity contribution in [2.45, 2.75) is 36.1 Å². The van der Waals surface area contributed by atoms with Gasteiger partial charge >= 0.3 is 0 Å². The highest BCUT2D eigenvalue weighted by Gasteiger charge is 2.23. The van der Waals surface area contributed by atoms with Crippen LogP contribution in [-0.4, -0.2) is 14.5 Å². The molecule has 4 heteroatoms. The summed E-state index contributed by atoms with van der Waals surface area (Å²) in [6.45, 7) is 3.37. The second-order valence-corrected chi connectivity index (χ2v) is 5.44. The molecule has 0 aliphatic rings. The molecule has 0 fully saturated rings. The van der Waals surface area contributed by atoms with E-state index in [1.54, 1.807) is 13.8 Å². The Kier molecular flexibility index (Phi) is 3.77. The summed E-state index contributed by atoms with van der Waals surface area (Å²) < 4.78 is -1.24. The summed E-state index contributed by atoms with van der Waals surface area (Å²) in [4.78, 5) is 0. The Balaban J connectivity index is 3.56. The minimum absolute atomic E-state index is 0.376. The van der Waals surface area contributed by atoms with E-state index in [1.165, 1.54) is 0 Å². The van der Waals surface area contributed by atoms with Crippen molar-refractivity contribution in [2.75, 3.05) is 0 Å². The topological polar surface area (TPSA) is 20.2 Å². The Morgan fingerprint density at radius 1 is 1.10 bits per heavy atom. The van der Waals surface area contributed by atoms with E-state index < -0.39 is 9.39 Å². The maximum atomic E-state index is 9.21. The van der Waals surface area contributed by atoms with Crippen LogP contribution in [0.4, 0.5) is 0 Å². The van der Waals surface area contributed by atoms with Gasteiger partial charge < -0.3 is 5.11 Å². The van der Waals surface area contributed by atoms with Gasteiger partial charge in [-0.15, -0.1) is 0 Å². The molecule has 10 heavy (non-hydrogen) atoms. The fraction of sp³-hybridized carbons (Fsp3) is 1.00. The van der Waals surface area contributed by atoms with Crippen LogP contribution in [0, 0.1) is 0 Å².